The first-order valence-corrected chi connectivity index (χ1v) is 11.1. The average Bonchev–Trinajstić information content (AvgIpc) is 3.31. The fraction of sp³-hybridized carbons (Fsp3) is 0.200. The van der Waals surface area contributed by atoms with Crippen LogP contribution >= 0.6 is 11.3 Å². The molecule has 3 aromatic rings. The van der Waals surface area contributed by atoms with Crippen molar-refractivity contribution in [3.63, 3.8) is 0 Å². The second kappa shape index (κ2) is 11.7. The monoisotopic (exact) mass is 433 g/mol. The first-order chi connectivity index (χ1) is 15.2. The van der Waals surface area contributed by atoms with E-state index in [9.17, 15) is 9.59 Å². The Morgan fingerprint density at radius 1 is 0.871 bits per heavy atom. The Hall–Kier alpha value is -3.38. The van der Waals surface area contributed by atoms with E-state index in [4.69, 9.17) is 0 Å². The van der Waals surface area contributed by atoms with Crippen molar-refractivity contribution in [1.82, 2.24) is 15.1 Å². The predicted octanol–water partition coefficient (Wildman–Crippen LogP) is 4.67. The molecule has 3 rings (SSSR count). The molecule has 5 nitrogen and oxygen atoms in total. The summed E-state index contributed by atoms with van der Waals surface area (Å²) in [6.07, 6.45) is 1.64. The molecule has 0 spiro atoms. The number of thiophene rings is 1. The summed E-state index contributed by atoms with van der Waals surface area (Å²) in [5, 5.41) is 4.90. The van der Waals surface area contributed by atoms with Gasteiger partial charge in [0.2, 0.25) is 5.91 Å². The molecule has 0 radical (unpaired) electrons. The number of nitrogens with zero attached hydrogens (tertiary/aromatic N) is 2. The Morgan fingerprint density at radius 3 is 2.16 bits per heavy atom. The fourth-order valence-electron chi connectivity index (χ4n) is 3.15. The highest BCUT2D eigenvalue weighted by molar-refractivity contribution is 7.09. The Labute approximate surface area is 187 Å². The minimum absolute atomic E-state index is 0.00908. The van der Waals surface area contributed by atoms with E-state index in [0.717, 1.165) is 16.0 Å². The molecule has 0 unspecified atom stereocenters. The molecule has 2 aromatic carbocycles. The molecule has 1 heterocycles. The van der Waals surface area contributed by atoms with E-state index in [-0.39, 0.29) is 18.5 Å². The van der Waals surface area contributed by atoms with Gasteiger partial charge < -0.3 is 15.1 Å². The Kier molecular flexibility index (Phi) is 8.43. The fourth-order valence-corrected chi connectivity index (χ4v) is 3.87. The van der Waals surface area contributed by atoms with E-state index >= 15 is 0 Å². The quantitative estimate of drug-likeness (QED) is 0.472. The number of nitrogens with one attached hydrogen (secondary N) is 1. The molecule has 160 valence electrons. The van der Waals surface area contributed by atoms with Gasteiger partial charge in [0.25, 0.3) is 0 Å². The maximum Gasteiger partial charge on any atom is 0.318 e. The van der Waals surface area contributed by atoms with Gasteiger partial charge in [-0.15, -0.1) is 17.9 Å². The lowest BCUT2D eigenvalue weighted by Gasteiger charge is -2.27. The summed E-state index contributed by atoms with van der Waals surface area (Å²) in [5.41, 5.74) is 2.06. The highest BCUT2D eigenvalue weighted by Crippen LogP contribution is 2.15. The van der Waals surface area contributed by atoms with Crippen LogP contribution in [0.5, 0.6) is 0 Å². The van der Waals surface area contributed by atoms with Gasteiger partial charge in [0.05, 0.1) is 6.54 Å². The molecule has 0 saturated carbocycles. The topological polar surface area (TPSA) is 52.7 Å². The van der Waals surface area contributed by atoms with Crippen LogP contribution < -0.4 is 5.32 Å². The molecule has 0 fully saturated rings. The number of carbonyl (C=O) groups excluding carboxylic acids is 2. The van der Waals surface area contributed by atoms with Crippen LogP contribution in [-0.4, -0.2) is 34.8 Å². The zero-order valence-electron chi connectivity index (χ0n) is 17.4. The normalized spacial score (nSPS) is 10.3. The number of hydrogen-bond donors (Lipinski definition) is 1. The van der Waals surface area contributed by atoms with Crippen molar-refractivity contribution < 1.29 is 9.59 Å². The molecule has 0 saturated heterocycles. The third-order valence-corrected chi connectivity index (χ3v) is 5.61. The maximum absolute atomic E-state index is 13.2. The van der Waals surface area contributed by atoms with Crippen molar-refractivity contribution in [2.75, 3.05) is 13.1 Å². The van der Waals surface area contributed by atoms with Crippen LogP contribution in [0.15, 0.2) is 90.8 Å². The first-order valence-electron chi connectivity index (χ1n) is 10.2. The molecule has 0 aliphatic rings. The molecule has 1 aromatic heterocycles. The molecular weight excluding hydrogens is 406 g/mol. The van der Waals surface area contributed by atoms with Gasteiger partial charge in [0.15, 0.2) is 0 Å². The molecule has 0 atom stereocenters. The van der Waals surface area contributed by atoms with Crippen LogP contribution in [-0.2, 0) is 24.4 Å². The molecule has 31 heavy (non-hydrogen) atoms. The van der Waals surface area contributed by atoms with E-state index in [1.54, 1.807) is 22.3 Å². The SMILES string of the molecule is C=CCN(CC(=O)N(Cc1ccccc1)Cc1cccs1)C(=O)NCc1ccccc1. The van der Waals surface area contributed by atoms with Gasteiger partial charge in [-0.1, -0.05) is 72.8 Å². The molecule has 0 bridgehead atoms. The summed E-state index contributed by atoms with van der Waals surface area (Å²) in [6, 6.07) is 23.3. The average molecular weight is 434 g/mol. The highest BCUT2D eigenvalue weighted by Gasteiger charge is 2.21. The number of carbonyl (C=O) groups is 2. The van der Waals surface area contributed by atoms with Crippen LogP contribution in [0, 0.1) is 0 Å². The van der Waals surface area contributed by atoms with E-state index < -0.39 is 0 Å². The lowest BCUT2D eigenvalue weighted by atomic mass is 10.2. The van der Waals surface area contributed by atoms with E-state index in [2.05, 4.69) is 11.9 Å². The van der Waals surface area contributed by atoms with Crippen LogP contribution in [0.2, 0.25) is 0 Å². The first kappa shape index (κ1) is 22.3. The summed E-state index contributed by atoms with van der Waals surface area (Å²) in [6.45, 7) is 5.44. The second-order valence-electron chi connectivity index (χ2n) is 7.13. The third-order valence-electron chi connectivity index (χ3n) is 4.75. The summed E-state index contributed by atoms with van der Waals surface area (Å²) in [5.74, 6) is -0.103. The lowest BCUT2D eigenvalue weighted by molar-refractivity contribution is -0.133. The van der Waals surface area contributed by atoms with Gasteiger partial charge in [-0.2, -0.15) is 0 Å². The largest absolute Gasteiger partial charge is 0.334 e. The van der Waals surface area contributed by atoms with Crippen molar-refractivity contribution in [2.45, 2.75) is 19.6 Å². The van der Waals surface area contributed by atoms with Gasteiger partial charge in [0, 0.05) is 24.5 Å². The zero-order chi connectivity index (χ0) is 21.9. The number of benzene rings is 2. The summed E-state index contributed by atoms with van der Waals surface area (Å²) in [7, 11) is 0. The zero-order valence-corrected chi connectivity index (χ0v) is 18.3. The lowest BCUT2D eigenvalue weighted by Crippen LogP contribution is -2.46. The smallest absolute Gasteiger partial charge is 0.318 e. The van der Waals surface area contributed by atoms with Crippen molar-refractivity contribution >= 4 is 23.3 Å². The van der Waals surface area contributed by atoms with Crippen LogP contribution in [0.25, 0.3) is 0 Å². The van der Waals surface area contributed by atoms with E-state index in [1.807, 2.05) is 78.2 Å². The van der Waals surface area contributed by atoms with Crippen LogP contribution in [0.3, 0.4) is 0 Å². The summed E-state index contributed by atoms with van der Waals surface area (Å²) < 4.78 is 0. The number of rotatable bonds is 10. The Balaban J connectivity index is 1.67. The van der Waals surface area contributed by atoms with E-state index in [1.165, 1.54) is 4.90 Å². The van der Waals surface area contributed by atoms with Crippen molar-refractivity contribution in [2.24, 2.45) is 0 Å². The second-order valence-corrected chi connectivity index (χ2v) is 8.16. The standard InChI is InChI=1S/C25H27N3O2S/c1-2-15-27(25(30)26-17-21-10-5-3-6-11-21)20-24(29)28(19-23-14-9-16-31-23)18-22-12-7-4-8-13-22/h2-14,16H,1,15,17-20H2,(H,26,30). The van der Waals surface area contributed by atoms with Crippen molar-refractivity contribution in [1.29, 1.82) is 0 Å². The minimum Gasteiger partial charge on any atom is -0.334 e. The van der Waals surface area contributed by atoms with Gasteiger partial charge in [0.1, 0.15) is 6.54 Å². The molecule has 1 N–H and O–H groups in total. The van der Waals surface area contributed by atoms with Crippen molar-refractivity contribution in [3.8, 4) is 0 Å². The number of amides is 3. The molecule has 0 aliphatic carbocycles. The number of urea groups is 1. The maximum atomic E-state index is 13.2. The van der Waals surface area contributed by atoms with Gasteiger partial charge in [-0.05, 0) is 22.6 Å². The Morgan fingerprint density at radius 2 is 1.55 bits per heavy atom. The van der Waals surface area contributed by atoms with Crippen molar-refractivity contribution in [3.05, 3.63) is 107 Å². The minimum atomic E-state index is -0.284. The van der Waals surface area contributed by atoms with Gasteiger partial charge in [-0.3, -0.25) is 4.79 Å². The third kappa shape index (κ3) is 7.12. The van der Waals surface area contributed by atoms with Gasteiger partial charge in [-0.25, -0.2) is 4.79 Å². The predicted molar refractivity (Wildman–Crippen MR) is 125 cm³/mol. The van der Waals surface area contributed by atoms with Crippen LogP contribution in [0.1, 0.15) is 16.0 Å². The Bertz CT molecular complexity index is 959. The summed E-state index contributed by atoms with van der Waals surface area (Å²) in [4.78, 5) is 30.3. The van der Waals surface area contributed by atoms with Gasteiger partial charge >= 0.3 is 6.03 Å². The molecular formula is C25H27N3O2S. The molecule has 3 amide bonds. The summed E-state index contributed by atoms with van der Waals surface area (Å²) >= 11 is 1.62. The highest BCUT2D eigenvalue weighted by atomic mass is 32.1. The molecule has 6 heteroatoms. The van der Waals surface area contributed by atoms with Crippen LogP contribution in [0.4, 0.5) is 4.79 Å². The molecule has 0 aliphatic heterocycles. The number of hydrogen-bond acceptors (Lipinski definition) is 3. The van der Waals surface area contributed by atoms with E-state index in [0.29, 0.717) is 26.2 Å².